The van der Waals surface area contributed by atoms with Crippen LogP contribution in [-0.2, 0) is 9.47 Å². The highest BCUT2D eigenvalue weighted by Gasteiger charge is 2.23. The zero-order valence-corrected chi connectivity index (χ0v) is 12.3. The fourth-order valence-electron chi connectivity index (χ4n) is 2.57. The van der Waals surface area contributed by atoms with Crippen LogP contribution in [-0.4, -0.2) is 56.6 Å². The zero-order valence-electron chi connectivity index (χ0n) is 12.3. The summed E-state index contributed by atoms with van der Waals surface area (Å²) < 4.78 is 11.3. The Morgan fingerprint density at radius 2 is 1.94 bits per heavy atom. The van der Waals surface area contributed by atoms with Gasteiger partial charge in [-0.3, -0.25) is 4.90 Å². The number of piperidine rings is 1. The molecule has 0 aromatic carbocycles. The largest absolute Gasteiger partial charge is 0.352 e. The van der Waals surface area contributed by atoms with E-state index in [9.17, 15) is 0 Å². The van der Waals surface area contributed by atoms with Gasteiger partial charge in [0.25, 0.3) is 0 Å². The number of ether oxygens (including phenoxy) is 2. The average Bonchev–Trinajstić information content (AvgIpc) is 2.40. The third-order valence-corrected chi connectivity index (χ3v) is 3.39. The number of nitrogens with zero attached hydrogens (tertiary/aromatic N) is 1. The van der Waals surface area contributed by atoms with E-state index < -0.39 is 0 Å². The maximum Gasteiger partial charge on any atom is 0.170 e. The van der Waals surface area contributed by atoms with Crippen LogP contribution in [0.15, 0.2) is 0 Å². The molecule has 0 bridgehead atoms. The fraction of sp³-hybridized carbons (Fsp3) is 1.00. The van der Waals surface area contributed by atoms with Crippen molar-refractivity contribution in [3.05, 3.63) is 0 Å². The van der Waals surface area contributed by atoms with Crippen LogP contribution in [0, 0.1) is 0 Å². The summed E-state index contributed by atoms with van der Waals surface area (Å²) in [5.74, 6) is 0. The van der Waals surface area contributed by atoms with Crippen LogP contribution in [0.25, 0.3) is 0 Å². The predicted molar refractivity (Wildman–Crippen MR) is 74.8 cm³/mol. The second-order valence-corrected chi connectivity index (χ2v) is 4.84. The SMILES string of the molecule is CCCN(CC(OCC)OCC)C1CCCNC1. The second-order valence-electron chi connectivity index (χ2n) is 4.84. The fourth-order valence-corrected chi connectivity index (χ4v) is 2.57. The Hall–Kier alpha value is -0.160. The lowest BCUT2D eigenvalue weighted by Crippen LogP contribution is -2.49. The average molecular weight is 258 g/mol. The van der Waals surface area contributed by atoms with Gasteiger partial charge < -0.3 is 14.8 Å². The predicted octanol–water partition coefficient (Wildman–Crippen LogP) is 1.85. The molecule has 1 unspecified atom stereocenters. The first-order valence-electron chi connectivity index (χ1n) is 7.49. The van der Waals surface area contributed by atoms with E-state index in [4.69, 9.17) is 9.47 Å². The van der Waals surface area contributed by atoms with Gasteiger partial charge in [0.05, 0.1) is 0 Å². The van der Waals surface area contributed by atoms with E-state index >= 15 is 0 Å². The number of rotatable bonds is 9. The Morgan fingerprint density at radius 3 is 2.44 bits per heavy atom. The molecule has 4 heteroatoms. The topological polar surface area (TPSA) is 33.7 Å². The van der Waals surface area contributed by atoms with Crippen molar-refractivity contribution in [2.24, 2.45) is 0 Å². The Morgan fingerprint density at radius 1 is 1.22 bits per heavy atom. The van der Waals surface area contributed by atoms with Gasteiger partial charge in [0.15, 0.2) is 6.29 Å². The molecule has 18 heavy (non-hydrogen) atoms. The van der Waals surface area contributed by atoms with Crippen LogP contribution in [0.3, 0.4) is 0 Å². The molecule has 1 aliphatic heterocycles. The van der Waals surface area contributed by atoms with Crippen LogP contribution < -0.4 is 5.32 Å². The summed E-state index contributed by atoms with van der Waals surface area (Å²) in [5.41, 5.74) is 0. The van der Waals surface area contributed by atoms with Gasteiger partial charge in [0.1, 0.15) is 0 Å². The van der Waals surface area contributed by atoms with Crippen molar-refractivity contribution < 1.29 is 9.47 Å². The molecule has 0 saturated carbocycles. The second kappa shape index (κ2) is 9.73. The molecule has 4 nitrogen and oxygen atoms in total. The van der Waals surface area contributed by atoms with Crippen molar-refractivity contribution in [2.75, 3.05) is 39.4 Å². The zero-order chi connectivity index (χ0) is 13.2. The van der Waals surface area contributed by atoms with Gasteiger partial charge >= 0.3 is 0 Å². The van der Waals surface area contributed by atoms with Crippen molar-refractivity contribution >= 4 is 0 Å². The lowest BCUT2D eigenvalue weighted by Gasteiger charge is -2.36. The number of hydrogen-bond acceptors (Lipinski definition) is 4. The van der Waals surface area contributed by atoms with E-state index in [1.54, 1.807) is 0 Å². The molecule has 1 saturated heterocycles. The van der Waals surface area contributed by atoms with E-state index in [1.807, 2.05) is 13.8 Å². The van der Waals surface area contributed by atoms with Gasteiger partial charge in [0.2, 0.25) is 0 Å². The van der Waals surface area contributed by atoms with E-state index in [2.05, 4.69) is 17.1 Å². The van der Waals surface area contributed by atoms with E-state index in [0.717, 1.165) is 26.2 Å². The van der Waals surface area contributed by atoms with Gasteiger partial charge in [-0.2, -0.15) is 0 Å². The van der Waals surface area contributed by atoms with Gasteiger partial charge in [-0.15, -0.1) is 0 Å². The van der Waals surface area contributed by atoms with Crippen molar-refractivity contribution in [3.8, 4) is 0 Å². The summed E-state index contributed by atoms with van der Waals surface area (Å²) in [4.78, 5) is 2.53. The first-order valence-corrected chi connectivity index (χ1v) is 7.49. The van der Waals surface area contributed by atoms with Gasteiger partial charge in [-0.25, -0.2) is 0 Å². The minimum atomic E-state index is -0.0755. The Labute approximate surface area is 112 Å². The third kappa shape index (κ3) is 5.65. The van der Waals surface area contributed by atoms with Crippen LogP contribution >= 0.6 is 0 Å². The highest BCUT2D eigenvalue weighted by molar-refractivity contribution is 4.79. The van der Waals surface area contributed by atoms with Crippen molar-refractivity contribution in [3.63, 3.8) is 0 Å². The van der Waals surface area contributed by atoms with E-state index in [0.29, 0.717) is 19.3 Å². The summed E-state index contributed by atoms with van der Waals surface area (Å²) in [6, 6.07) is 0.641. The summed E-state index contributed by atoms with van der Waals surface area (Å²) in [6.45, 7) is 12.0. The van der Waals surface area contributed by atoms with Crippen LogP contribution in [0.4, 0.5) is 0 Å². The first-order chi connectivity index (χ1) is 8.81. The molecule has 0 amide bonds. The molecule has 1 fully saturated rings. The Balaban J connectivity index is 2.47. The molecular formula is C14H30N2O2. The molecule has 0 aliphatic carbocycles. The van der Waals surface area contributed by atoms with Gasteiger partial charge in [0, 0.05) is 32.3 Å². The van der Waals surface area contributed by atoms with E-state index in [-0.39, 0.29) is 6.29 Å². The highest BCUT2D eigenvalue weighted by atomic mass is 16.7. The minimum Gasteiger partial charge on any atom is -0.352 e. The van der Waals surface area contributed by atoms with Crippen LogP contribution in [0.2, 0.25) is 0 Å². The lowest BCUT2D eigenvalue weighted by atomic mass is 10.1. The smallest absolute Gasteiger partial charge is 0.170 e. The Kier molecular flexibility index (Phi) is 8.59. The molecule has 1 aliphatic rings. The maximum atomic E-state index is 5.67. The molecule has 0 spiro atoms. The standard InChI is InChI=1S/C14H30N2O2/c1-4-10-16(13-8-7-9-15-11-13)12-14(17-5-2)18-6-3/h13-15H,4-12H2,1-3H3. The maximum absolute atomic E-state index is 5.67. The molecule has 1 heterocycles. The van der Waals surface area contributed by atoms with Crippen molar-refractivity contribution in [1.29, 1.82) is 0 Å². The molecule has 0 aromatic heterocycles. The molecular weight excluding hydrogens is 228 g/mol. The molecule has 1 atom stereocenters. The molecule has 1 N–H and O–H groups in total. The molecule has 0 radical (unpaired) electrons. The first kappa shape index (κ1) is 15.9. The molecule has 1 rings (SSSR count). The quantitative estimate of drug-likeness (QED) is 0.640. The normalized spacial score (nSPS) is 20.8. The monoisotopic (exact) mass is 258 g/mol. The molecule has 0 aromatic rings. The van der Waals surface area contributed by atoms with E-state index in [1.165, 1.54) is 19.3 Å². The number of hydrogen-bond donors (Lipinski definition) is 1. The van der Waals surface area contributed by atoms with Crippen LogP contribution in [0.5, 0.6) is 0 Å². The van der Waals surface area contributed by atoms with Crippen molar-refractivity contribution in [2.45, 2.75) is 52.4 Å². The molecule has 108 valence electrons. The summed E-state index contributed by atoms with van der Waals surface area (Å²) in [7, 11) is 0. The summed E-state index contributed by atoms with van der Waals surface area (Å²) in [6.07, 6.45) is 3.67. The van der Waals surface area contributed by atoms with Gasteiger partial charge in [-0.1, -0.05) is 6.92 Å². The third-order valence-electron chi connectivity index (χ3n) is 3.39. The van der Waals surface area contributed by atoms with Gasteiger partial charge in [-0.05, 0) is 46.2 Å². The van der Waals surface area contributed by atoms with Crippen LogP contribution in [0.1, 0.15) is 40.0 Å². The highest BCUT2D eigenvalue weighted by Crippen LogP contribution is 2.13. The lowest BCUT2D eigenvalue weighted by molar-refractivity contribution is -0.151. The number of nitrogens with one attached hydrogen (secondary N) is 1. The van der Waals surface area contributed by atoms with Crippen molar-refractivity contribution in [1.82, 2.24) is 10.2 Å². The minimum absolute atomic E-state index is 0.0755. The summed E-state index contributed by atoms with van der Waals surface area (Å²) in [5, 5.41) is 3.49. The Bertz CT molecular complexity index is 190. The summed E-state index contributed by atoms with van der Waals surface area (Å²) >= 11 is 0.